The molecular formula is C17H18F3N5. The number of rotatable bonds is 4. The van der Waals surface area contributed by atoms with Crippen LogP contribution in [-0.4, -0.2) is 17.9 Å². The Labute approximate surface area is 143 Å². The Morgan fingerprint density at radius 3 is 2.44 bits per heavy atom. The molecular weight excluding hydrogens is 331 g/mol. The van der Waals surface area contributed by atoms with E-state index in [0.717, 1.165) is 6.07 Å². The summed E-state index contributed by atoms with van der Waals surface area (Å²) in [5, 5.41) is 2.71. The van der Waals surface area contributed by atoms with Crippen LogP contribution in [0.25, 0.3) is 11.3 Å². The van der Waals surface area contributed by atoms with Crippen molar-refractivity contribution in [3.63, 3.8) is 0 Å². The Hall–Kier alpha value is -3.03. The molecule has 0 amide bonds. The summed E-state index contributed by atoms with van der Waals surface area (Å²) in [6.07, 6.45) is -4.50. The second-order valence-electron chi connectivity index (χ2n) is 5.35. The topological polar surface area (TPSA) is 89.3 Å². The minimum absolute atomic E-state index is 0.0308. The lowest BCUT2D eigenvalue weighted by molar-refractivity contribution is -0.137. The Balaban J connectivity index is 2.74. The first-order chi connectivity index (χ1) is 11.6. The van der Waals surface area contributed by atoms with Crippen molar-refractivity contribution in [3.05, 3.63) is 59.4 Å². The van der Waals surface area contributed by atoms with Crippen molar-refractivity contribution in [2.75, 3.05) is 12.4 Å². The number of aliphatic imine (C=N–C) groups is 1. The summed E-state index contributed by atoms with van der Waals surface area (Å²) in [7, 11) is 1.50. The minimum Gasteiger partial charge on any atom is -0.386 e. The van der Waals surface area contributed by atoms with E-state index in [2.05, 4.69) is 21.9 Å². The fourth-order valence-electron chi connectivity index (χ4n) is 2.39. The van der Waals surface area contributed by atoms with Crippen LogP contribution in [0.5, 0.6) is 0 Å². The van der Waals surface area contributed by atoms with E-state index in [9.17, 15) is 13.2 Å². The van der Waals surface area contributed by atoms with Crippen molar-refractivity contribution in [2.45, 2.75) is 13.1 Å². The highest BCUT2D eigenvalue weighted by Crippen LogP contribution is 2.38. The third-order valence-electron chi connectivity index (χ3n) is 3.50. The van der Waals surface area contributed by atoms with Crippen LogP contribution in [0, 0.1) is 6.92 Å². The van der Waals surface area contributed by atoms with Crippen molar-refractivity contribution in [1.82, 2.24) is 4.98 Å². The molecule has 132 valence electrons. The van der Waals surface area contributed by atoms with Gasteiger partial charge in [0, 0.05) is 12.6 Å². The normalized spacial score (nSPS) is 12.1. The molecule has 1 heterocycles. The van der Waals surface area contributed by atoms with Gasteiger partial charge in [0.1, 0.15) is 11.7 Å². The Morgan fingerprint density at radius 2 is 1.88 bits per heavy atom. The summed E-state index contributed by atoms with van der Waals surface area (Å²) in [6.45, 7) is 5.18. The van der Waals surface area contributed by atoms with E-state index in [1.165, 1.54) is 25.2 Å². The number of benzene rings is 1. The van der Waals surface area contributed by atoms with Crippen LogP contribution >= 0.6 is 0 Å². The molecule has 1 aromatic carbocycles. The molecule has 0 bridgehead atoms. The maximum Gasteiger partial charge on any atom is 0.417 e. The van der Waals surface area contributed by atoms with Gasteiger partial charge >= 0.3 is 6.18 Å². The van der Waals surface area contributed by atoms with E-state index in [0.29, 0.717) is 11.1 Å². The lowest BCUT2D eigenvalue weighted by Crippen LogP contribution is -2.19. The zero-order valence-electron chi connectivity index (χ0n) is 13.8. The average Bonchev–Trinajstić information content (AvgIpc) is 2.54. The number of aryl methyl sites for hydroxylation is 1. The first-order valence-corrected chi connectivity index (χ1v) is 7.27. The van der Waals surface area contributed by atoms with Crippen LogP contribution in [0.15, 0.2) is 47.7 Å². The van der Waals surface area contributed by atoms with Crippen LogP contribution in [0.3, 0.4) is 0 Å². The largest absolute Gasteiger partial charge is 0.417 e. The molecule has 0 saturated carbocycles. The van der Waals surface area contributed by atoms with Crippen LogP contribution < -0.4 is 16.8 Å². The SMILES string of the molecule is C=C(N)Nc1nc(-c2ccccc2C(F)(F)F)c(C)cc1C(N)=NC. The molecule has 0 spiro atoms. The lowest BCUT2D eigenvalue weighted by atomic mass is 9.99. The van der Waals surface area contributed by atoms with E-state index in [-0.39, 0.29) is 28.7 Å². The summed E-state index contributed by atoms with van der Waals surface area (Å²) in [6, 6.07) is 6.86. The van der Waals surface area contributed by atoms with Crippen LogP contribution in [0.1, 0.15) is 16.7 Å². The third kappa shape index (κ3) is 3.90. The van der Waals surface area contributed by atoms with E-state index in [1.54, 1.807) is 13.0 Å². The summed E-state index contributed by atoms with van der Waals surface area (Å²) < 4.78 is 40.0. The average molecular weight is 349 g/mol. The molecule has 5 nitrogen and oxygen atoms in total. The molecule has 8 heteroatoms. The molecule has 0 aliphatic rings. The lowest BCUT2D eigenvalue weighted by Gasteiger charge is -2.17. The van der Waals surface area contributed by atoms with Crippen molar-refractivity contribution < 1.29 is 13.2 Å². The quantitative estimate of drug-likeness (QED) is 0.584. The van der Waals surface area contributed by atoms with Crippen molar-refractivity contribution in [3.8, 4) is 11.3 Å². The molecule has 0 saturated heterocycles. The fraction of sp³-hybridized carbons (Fsp3) is 0.176. The molecule has 5 N–H and O–H groups in total. The zero-order chi connectivity index (χ0) is 18.8. The number of anilines is 1. The number of nitrogens with zero attached hydrogens (tertiary/aromatic N) is 2. The number of halogens is 3. The van der Waals surface area contributed by atoms with Crippen LogP contribution in [0.2, 0.25) is 0 Å². The van der Waals surface area contributed by atoms with E-state index >= 15 is 0 Å². The number of amidine groups is 1. The van der Waals surface area contributed by atoms with Gasteiger partial charge in [-0.2, -0.15) is 13.2 Å². The van der Waals surface area contributed by atoms with Crippen molar-refractivity contribution >= 4 is 11.7 Å². The first-order valence-electron chi connectivity index (χ1n) is 7.27. The molecule has 2 rings (SSSR count). The Bertz CT molecular complexity index is 841. The first kappa shape index (κ1) is 18.3. The maximum absolute atomic E-state index is 13.3. The second kappa shape index (κ2) is 6.84. The summed E-state index contributed by atoms with van der Waals surface area (Å²) in [5.41, 5.74) is 11.7. The van der Waals surface area contributed by atoms with Gasteiger partial charge in [0.25, 0.3) is 0 Å². The number of hydrogen-bond acceptors (Lipinski definition) is 4. The Morgan fingerprint density at radius 1 is 1.24 bits per heavy atom. The molecule has 0 aliphatic heterocycles. The summed E-state index contributed by atoms with van der Waals surface area (Å²) in [4.78, 5) is 8.20. The summed E-state index contributed by atoms with van der Waals surface area (Å²) in [5.74, 6) is 0.444. The molecule has 0 fully saturated rings. The molecule has 0 unspecified atom stereocenters. The highest BCUT2D eigenvalue weighted by atomic mass is 19.4. The number of hydrogen-bond donors (Lipinski definition) is 3. The van der Waals surface area contributed by atoms with Crippen molar-refractivity contribution in [1.29, 1.82) is 0 Å². The van der Waals surface area contributed by atoms with Crippen molar-refractivity contribution in [2.24, 2.45) is 16.5 Å². The smallest absolute Gasteiger partial charge is 0.386 e. The molecule has 0 atom stereocenters. The van der Waals surface area contributed by atoms with Crippen LogP contribution in [0.4, 0.5) is 19.0 Å². The van der Waals surface area contributed by atoms with Crippen LogP contribution in [-0.2, 0) is 6.18 Å². The standard InChI is InChI=1S/C17H18F3N5/c1-9-8-12(15(22)23-3)16(24-10(2)21)25-14(9)11-6-4-5-7-13(11)17(18,19)20/h4-8H,2,21H2,1,3H3,(H2,22,23)(H,24,25). The van der Waals surface area contributed by atoms with Gasteiger partial charge in [0.05, 0.1) is 22.6 Å². The number of aromatic nitrogens is 1. The van der Waals surface area contributed by atoms with Gasteiger partial charge in [-0.1, -0.05) is 24.8 Å². The van der Waals surface area contributed by atoms with Gasteiger partial charge in [-0.05, 0) is 24.6 Å². The van der Waals surface area contributed by atoms with E-state index < -0.39 is 11.7 Å². The molecule has 1 aromatic heterocycles. The minimum atomic E-state index is -4.50. The molecule has 2 aromatic rings. The summed E-state index contributed by atoms with van der Waals surface area (Å²) >= 11 is 0. The zero-order valence-corrected chi connectivity index (χ0v) is 13.8. The fourth-order valence-corrected chi connectivity index (χ4v) is 2.39. The second-order valence-corrected chi connectivity index (χ2v) is 5.35. The van der Waals surface area contributed by atoms with Gasteiger partial charge in [0.2, 0.25) is 0 Å². The van der Waals surface area contributed by atoms with Gasteiger partial charge in [-0.3, -0.25) is 4.99 Å². The van der Waals surface area contributed by atoms with Gasteiger partial charge < -0.3 is 16.8 Å². The molecule has 25 heavy (non-hydrogen) atoms. The van der Waals surface area contributed by atoms with E-state index in [4.69, 9.17) is 11.5 Å². The number of alkyl halides is 3. The Kier molecular flexibility index (Phi) is 5.01. The number of nitrogens with one attached hydrogen (secondary N) is 1. The van der Waals surface area contributed by atoms with Gasteiger partial charge in [-0.25, -0.2) is 4.98 Å². The van der Waals surface area contributed by atoms with Gasteiger partial charge in [0.15, 0.2) is 0 Å². The maximum atomic E-state index is 13.3. The molecule has 0 radical (unpaired) electrons. The van der Waals surface area contributed by atoms with E-state index in [1.807, 2.05) is 0 Å². The van der Waals surface area contributed by atoms with Gasteiger partial charge in [-0.15, -0.1) is 0 Å². The number of pyridine rings is 1. The predicted molar refractivity (Wildman–Crippen MR) is 93.0 cm³/mol. The highest BCUT2D eigenvalue weighted by molar-refractivity contribution is 6.02. The third-order valence-corrected chi connectivity index (χ3v) is 3.50. The number of nitrogens with two attached hydrogens (primary N) is 2. The monoisotopic (exact) mass is 349 g/mol. The highest BCUT2D eigenvalue weighted by Gasteiger charge is 2.34. The predicted octanol–water partition coefficient (Wildman–Crippen LogP) is 3.25. The molecule has 0 aliphatic carbocycles.